The lowest BCUT2D eigenvalue weighted by Crippen LogP contribution is -2.38. The molecule has 11 heteroatoms. The number of hydrogen-bond acceptors (Lipinski definition) is 8. The van der Waals surface area contributed by atoms with Crippen molar-refractivity contribution >= 4 is 44.7 Å². The zero-order valence-electron chi connectivity index (χ0n) is 25.4. The number of nitrogens with zero attached hydrogens (tertiary/aromatic N) is 3. The molecular weight excluding hydrogens is 682 g/mol. The van der Waals surface area contributed by atoms with Gasteiger partial charge in [-0.25, -0.2) is 4.99 Å². The molecule has 9 nitrogen and oxygen atoms in total. The fraction of sp³-hybridized carbons (Fsp3) is 0.167. The average Bonchev–Trinajstić information content (AvgIpc) is 3.40. The molecule has 0 saturated heterocycles. The molecule has 1 aliphatic heterocycles. The molecule has 4 aromatic carbocycles. The van der Waals surface area contributed by atoms with Crippen LogP contribution in [-0.4, -0.2) is 23.7 Å². The summed E-state index contributed by atoms with van der Waals surface area (Å²) in [5, 5.41) is 11.0. The number of aryl methyl sites for hydroxylation is 1. The molecule has 2 heterocycles. The van der Waals surface area contributed by atoms with Crippen molar-refractivity contribution in [2.75, 3.05) is 14.2 Å². The van der Waals surface area contributed by atoms with Crippen LogP contribution in [0.3, 0.4) is 0 Å². The highest BCUT2D eigenvalue weighted by Gasteiger charge is 2.33. The largest absolute Gasteiger partial charge is 0.493 e. The van der Waals surface area contributed by atoms with E-state index in [1.54, 1.807) is 30.9 Å². The highest BCUT2D eigenvalue weighted by Crippen LogP contribution is 2.43. The van der Waals surface area contributed by atoms with E-state index in [9.17, 15) is 14.9 Å². The van der Waals surface area contributed by atoms with Crippen molar-refractivity contribution in [1.82, 2.24) is 4.57 Å². The molecule has 236 valence electrons. The van der Waals surface area contributed by atoms with Crippen molar-refractivity contribution in [3.05, 3.63) is 153 Å². The van der Waals surface area contributed by atoms with Crippen molar-refractivity contribution in [2.24, 2.45) is 4.99 Å². The van der Waals surface area contributed by atoms with Crippen LogP contribution < -0.4 is 29.1 Å². The summed E-state index contributed by atoms with van der Waals surface area (Å²) in [4.78, 5) is 30.7. The van der Waals surface area contributed by atoms with Crippen LogP contribution in [0.2, 0.25) is 0 Å². The van der Waals surface area contributed by atoms with E-state index in [0.29, 0.717) is 32.1 Å². The number of hydrogen-bond donors (Lipinski definition) is 0. The van der Waals surface area contributed by atoms with Crippen LogP contribution in [0.25, 0.3) is 11.8 Å². The van der Waals surface area contributed by atoms with Gasteiger partial charge in [0.15, 0.2) is 16.3 Å². The third kappa shape index (κ3) is 5.77. The Morgan fingerprint density at radius 3 is 2.51 bits per heavy atom. The highest BCUT2D eigenvalue weighted by molar-refractivity contribution is 9.10. The molecule has 0 saturated carbocycles. The summed E-state index contributed by atoms with van der Waals surface area (Å²) in [6.07, 6.45) is 3.46. The Bertz CT molecular complexity index is 2260. The Balaban J connectivity index is 1.35. The van der Waals surface area contributed by atoms with Gasteiger partial charge in [-0.1, -0.05) is 57.6 Å². The van der Waals surface area contributed by atoms with Crippen molar-refractivity contribution in [3.8, 4) is 17.2 Å². The summed E-state index contributed by atoms with van der Waals surface area (Å²) in [6, 6.07) is 25.6. The number of methoxy groups -OCH3 is 2. The molecule has 5 aromatic rings. The Labute approximate surface area is 282 Å². The Morgan fingerprint density at radius 1 is 0.979 bits per heavy atom. The minimum absolute atomic E-state index is 0.0185. The maximum Gasteiger partial charge on any atom is 0.271 e. The number of fused-ring (bicyclic) bond motifs is 3. The number of allylic oxidation sites excluding steroid dienone is 1. The van der Waals surface area contributed by atoms with E-state index in [2.05, 4.69) is 28.1 Å². The Hall–Kier alpha value is -5.00. The normalized spacial score (nSPS) is 15.3. The third-order valence-corrected chi connectivity index (χ3v) is 9.87. The van der Waals surface area contributed by atoms with E-state index < -0.39 is 4.92 Å². The van der Waals surface area contributed by atoms with Crippen molar-refractivity contribution in [1.29, 1.82) is 0 Å². The number of halogens is 1. The minimum atomic E-state index is -0.432. The average molecular weight is 711 g/mol. The standard InChI is InChI=1S/C36H28BrN3O6S/c1-44-30-15-10-23(18-31(30)45-2)34-28-14-9-22-5-3-4-6-27(22)33(28)38-36-39(34)35(41)32(47-36)19-24-17-25(37)11-16-29(24)46-20-21-7-12-26(13-8-21)40(42)43/h3-8,10-13,15-19,34H,9,14,20H2,1-2H3/b32-19+/t34-/m1/s1. The van der Waals surface area contributed by atoms with E-state index in [1.165, 1.54) is 29.0 Å². The zero-order valence-corrected chi connectivity index (χ0v) is 27.8. The van der Waals surface area contributed by atoms with E-state index in [1.807, 2.05) is 54.6 Å². The summed E-state index contributed by atoms with van der Waals surface area (Å²) >= 11 is 4.90. The molecule has 1 aliphatic carbocycles. The number of nitro benzene ring substituents is 1. The molecule has 2 aliphatic rings. The summed E-state index contributed by atoms with van der Waals surface area (Å²) in [5.41, 5.74) is 6.60. The maximum atomic E-state index is 14.4. The van der Waals surface area contributed by atoms with Crippen LogP contribution in [-0.2, 0) is 13.0 Å². The van der Waals surface area contributed by atoms with Gasteiger partial charge in [0.1, 0.15) is 12.4 Å². The van der Waals surface area contributed by atoms with Crippen LogP contribution in [0.5, 0.6) is 17.2 Å². The molecule has 47 heavy (non-hydrogen) atoms. The first-order valence-electron chi connectivity index (χ1n) is 14.9. The fourth-order valence-electron chi connectivity index (χ4n) is 6.13. The van der Waals surface area contributed by atoms with Gasteiger partial charge in [-0.2, -0.15) is 0 Å². The minimum Gasteiger partial charge on any atom is -0.493 e. The molecule has 7 rings (SSSR count). The quantitative estimate of drug-likeness (QED) is 0.133. The zero-order chi connectivity index (χ0) is 32.7. The second-order valence-corrected chi connectivity index (χ2v) is 13.0. The van der Waals surface area contributed by atoms with Crippen molar-refractivity contribution < 1.29 is 19.1 Å². The van der Waals surface area contributed by atoms with E-state index >= 15 is 0 Å². The van der Waals surface area contributed by atoms with Gasteiger partial charge in [-0.05, 0) is 83.6 Å². The van der Waals surface area contributed by atoms with Gasteiger partial charge in [0.05, 0.1) is 35.4 Å². The van der Waals surface area contributed by atoms with Gasteiger partial charge in [0.25, 0.3) is 11.2 Å². The Kier molecular flexibility index (Phi) is 8.25. The molecule has 0 N–H and O–H groups in total. The SMILES string of the molecule is COc1ccc([C@@H]2C3=C(N=c4s/c(=C/c5cc(Br)ccc5OCc5ccc([N+](=O)[O-])cc5)c(=O)n42)c2ccccc2CC3)cc1OC. The molecular formula is C36H28BrN3O6S. The predicted molar refractivity (Wildman–Crippen MR) is 184 cm³/mol. The first-order chi connectivity index (χ1) is 22.8. The van der Waals surface area contributed by atoms with E-state index in [4.69, 9.17) is 19.2 Å². The lowest BCUT2D eigenvalue weighted by atomic mass is 9.83. The van der Waals surface area contributed by atoms with E-state index in [0.717, 1.165) is 45.3 Å². The highest BCUT2D eigenvalue weighted by atomic mass is 79.9. The smallest absolute Gasteiger partial charge is 0.271 e. The van der Waals surface area contributed by atoms with Crippen LogP contribution in [0.4, 0.5) is 5.69 Å². The predicted octanol–water partition coefficient (Wildman–Crippen LogP) is 6.59. The fourth-order valence-corrected chi connectivity index (χ4v) is 7.50. The topological polar surface area (TPSA) is 105 Å². The van der Waals surface area contributed by atoms with E-state index in [-0.39, 0.29) is 23.9 Å². The number of non-ortho nitro benzene ring substituents is 1. The molecule has 1 aromatic heterocycles. The number of aromatic nitrogens is 1. The summed E-state index contributed by atoms with van der Waals surface area (Å²) in [7, 11) is 3.21. The van der Waals surface area contributed by atoms with Gasteiger partial charge in [0, 0.05) is 27.7 Å². The molecule has 0 bridgehead atoms. The van der Waals surface area contributed by atoms with Crippen molar-refractivity contribution in [3.63, 3.8) is 0 Å². The van der Waals surface area contributed by atoms with Gasteiger partial charge >= 0.3 is 0 Å². The summed E-state index contributed by atoms with van der Waals surface area (Å²) < 4.78 is 20.5. The first kappa shape index (κ1) is 30.6. The van der Waals surface area contributed by atoms with Gasteiger partial charge < -0.3 is 14.2 Å². The molecule has 0 fully saturated rings. The molecule has 0 spiro atoms. The maximum absolute atomic E-state index is 14.4. The number of nitro groups is 1. The molecule has 1 atom stereocenters. The molecule has 0 amide bonds. The number of ether oxygens (including phenoxy) is 3. The first-order valence-corrected chi connectivity index (χ1v) is 16.5. The van der Waals surface area contributed by atoms with Gasteiger partial charge in [0.2, 0.25) is 0 Å². The number of thiazole rings is 1. The van der Waals surface area contributed by atoms with Gasteiger partial charge in [-0.15, -0.1) is 0 Å². The van der Waals surface area contributed by atoms with Crippen LogP contribution in [0.1, 0.15) is 40.3 Å². The van der Waals surface area contributed by atoms with Crippen LogP contribution in [0, 0.1) is 10.1 Å². The van der Waals surface area contributed by atoms with Gasteiger partial charge in [-0.3, -0.25) is 19.5 Å². The van der Waals surface area contributed by atoms with Crippen LogP contribution >= 0.6 is 27.3 Å². The number of benzene rings is 4. The Morgan fingerprint density at radius 2 is 1.74 bits per heavy atom. The number of rotatable bonds is 8. The van der Waals surface area contributed by atoms with Crippen molar-refractivity contribution in [2.45, 2.75) is 25.5 Å². The lowest BCUT2D eigenvalue weighted by Gasteiger charge is -2.31. The monoisotopic (exact) mass is 709 g/mol. The molecule has 0 unspecified atom stereocenters. The second kappa shape index (κ2) is 12.7. The molecule has 0 radical (unpaired) electrons. The van der Waals surface area contributed by atoms with Crippen LogP contribution in [0.15, 0.2) is 105 Å². The third-order valence-electron chi connectivity index (χ3n) is 8.40. The summed E-state index contributed by atoms with van der Waals surface area (Å²) in [5.74, 6) is 1.77. The summed E-state index contributed by atoms with van der Waals surface area (Å²) in [6.45, 7) is 0.202. The lowest BCUT2D eigenvalue weighted by molar-refractivity contribution is -0.384. The second-order valence-electron chi connectivity index (χ2n) is 11.1.